The van der Waals surface area contributed by atoms with Gasteiger partial charge in [-0.15, -0.1) is 0 Å². The van der Waals surface area contributed by atoms with E-state index < -0.39 is 7.26 Å². The van der Waals surface area contributed by atoms with Gasteiger partial charge in [0.25, 0.3) is 0 Å². The number of carbonyl (C=O) groups excluding carboxylic acids is 1. The lowest BCUT2D eigenvalue weighted by molar-refractivity contribution is -0.117. The molecule has 1 rings (SSSR count). The third-order valence-corrected chi connectivity index (χ3v) is 8.74. The Morgan fingerprint density at radius 3 is 2.12 bits per heavy atom. The second kappa shape index (κ2) is 6.31. The highest BCUT2D eigenvalue weighted by atomic mass is 31.2. The Labute approximate surface area is 106 Å². The predicted molar refractivity (Wildman–Crippen MR) is 78.4 cm³/mol. The molecule has 1 atom stereocenters. The number of hydrogen-bond donors (Lipinski definition) is 0. The summed E-state index contributed by atoms with van der Waals surface area (Å²) in [5.74, 6) is 0.312. The molecule has 0 heterocycles. The summed E-state index contributed by atoms with van der Waals surface area (Å²) >= 11 is 0. The molecule has 0 spiro atoms. The number of Topliss-reactive ketones (excluding diaryl/α,β-unsaturated/α-hetero) is 1. The molecule has 0 bridgehead atoms. The summed E-state index contributed by atoms with van der Waals surface area (Å²) in [5, 5.41) is 0. The zero-order chi connectivity index (χ0) is 12.9. The van der Waals surface area contributed by atoms with Gasteiger partial charge in [-0.3, -0.25) is 4.79 Å². The van der Waals surface area contributed by atoms with Crippen LogP contribution in [-0.4, -0.2) is 24.8 Å². The molecule has 0 aliphatic heterocycles. The minimum absolute atomic E-state index is 0.312. The fourth-order valence-corrected chi connectivity index (χ4v) is 5.23. The molecule has 94 valence electrons. The fraction of sp³-hybridized carbons (Fsp3) is 0.533. The minimum atomic E-state index is -1.04. The van der Waals surface area contributed by atoms with E-state index in [9.17, 15) is 4.79 Å². The van der Waals surface area contributed by atoms with Gasteiger partial charge in [0.05, 0.1) is 12.3 Å². The number of rotatable bonds is 6. The van der Waals surface area contributed by atoms with Crippen LogP contribution in [0.25, 0.3) is 0 Å². The first kappa shape index (κ1) is 14.4. The standard InChI is InChI=1S/C15H24OP/c1-5-17(4,6-2)15(12-13(3)16)14-10-8-7-9-11-14/h7-11,15H,5-6,12H2,1-4H3/q+1. The summed E-state index contributed by atoms with van der Waals surface area (Å²) in [6, 6.07) is 10.6. The number of benzene rings is 1. The van der Waals surface area contributed by atoms with Crippen LogP contribution in [0, 0.1) is 0 Å². The van der Waals surface area contributed by atoms with Crippen LogP contribution in [0.15, 0.2) is 30.3 Å². The molecule has 0 fully saturated rings. The molecule has 17 heavy (non-hydrogen) atoms. The van der Waals surface area contributed by atoms with Crippen LogP contribution < -0.4 is 0 Å². The monoisotopic (exact) mass is 251 g/mol. The molecule has 1 unspecified atom stereocenters. The van der Waals surface area contributed by atoms with Gasteiger partial charge in [0.1, 0.15) is 11.4 Å². The summed E-state index contributed by atoms with van der Waals surface area (Å²) in [6.07, 6.45) is 3.14. The molecular weight excluding hydrogens is 227 g/mol. The van der Waals surface area contributed by atoms with Gasteiger partial charge >= 0.3 is 0 Å². The van der Waals surface area contributed by atoms with Gasteiger partial charge in [-0.25, -0.2) is 0 Å². The Hall–Kier alpha value is -0.680. The summed E-state index contributed by atoms with van der Waals surface area (Å²) < 4.78 is 0. The van der Waals surface area contributed by atoms with Crippen molar-refractivity contribution in [3.63, 3.8) is 0 Å². The van der Waals surface area contributed by atoms with Crippen molar-refractivity contribution in [2.75, 3.05) is 19.0 Å². The van der Waals surface area contributed by atoms with E-state index in [0.717, 1.165) is 0 Å². The van der Waals surface area contributed by atoms with Gasteiger partial charge in [0.2, 0.25) is 0 Å². The van der Waals surface area contributed by atoms with Crippen LogP contribution in [0.5, 0.6) is 0 Å². The van der Waals surface area contributed by atoms with Gasteiger partial charge in [-0.2, -0.15) is 0 Å². The highest BCUT2D eigenvalue weighted by molar-refractivity contribution is 7.75. The van der Waals surface area contributed by atoms with E-state index in [1.165, 1.54) is 17.9 Å². The van der Waals surface area contributed by atoms with Crippen LogP contribution in [0.4, 0.5) is 0 Å². The van der Waals surface area contributed by atoms with Gasteiger partial charge in [0, 0.05) is 20.3 Å². The van der Waals surface area contributed by atoms with Gasteiger partial charge in [-0.05, 0) is 26.3 Å². The van der Waals surface area contributed by atoms with E-state index in [0.29, 0.717) is 17.9 Å². The quantitative estimate of drug-likeness (QED) is 0.685. The van der Waals surface area contributed by atoms with Gasteiger partial charge < -0.3 is 0 Å². The van der Waals surface area contributed by atoms with Crippen molar-refractivity contribution in [2.45, 2.75) is 32.9 Å². The lowest BCUT2D eigenvalue weighted by atomic mass is 10.1. The maximum atomic E-state index is 11.5. The second-order valence-electron chi connectivity index (χ2n) is 4.94. The molecule has 1 aromatic carbocycles. The topological polar surface area (TPSA) is 17.1 Å². The second-order valence-corrected chi connectivity index (χ2v) is 9.79. The molecule has 0 radical (unpaired) electrons. The van der Waals surface area contributed by atoms with Crippen molar-refractivity contribution in [1.29, 1.82) is 0 Å². The number of carbonyl (C=O) groups is 1. The normalized spacial score (nSPS) is 13.4. The van der Waals surface area contributed by atoms with Crippen molar-refractivity contribution in [3.05, 3.63) is 35.9 Å². The average molecular weight is 251 g/mol. The molecule has 0 aromatic heterocycles. The van der Waals surface area contributed by atoms with Crippen molar-refractivity contribution in [3.8, 4) is 0 Å². The van der Waals surface area contributed by atoms with Crippen molar-refractivity contribution in [1.82, 2.24) is 0 Å². The van der Waals surface area contributed by atoms with Crippen LogP contribution in [0.2, 0.25) is 0 Å². The molecular formula is C15H24OP+. The van der Waals surface area contributed by atoms with Crippen molar-refractivity contribution < 1.29 is 4.79 Å². The zero-order valence-corrected chi connectivity index (χ0v) is 12.3. The van der Waals surface area contributed by atoms with Crippen molar-refractivity contribution in [2.24, 2.45) is 0 Å². The smallest absolute Gasteiger partial charge is 0.134 e. The minimum Gasteiger partial charge on any atom is -0.300 e. The maximum Gasteiger partial charge on any atom is 0.134 e. The first-order valence-electron chi connectivity index (χ1n) is 6.42. The summed E-state index contributed by atoms with van der Waals surface area (Å²) in [6.45, 7) is 8.67. The van der Waals surface area contributed by atoms with Gasteiger partial charge in [0.15, 0.2) is 0 Å². The Balaban J connectivity index is 3.07. The van der Waals surface area contributed by atoms with Crippen LogP contribution in [-0.2, 0) is 4.79 Å². The zero-order valence-electron chi connectivity index (χ0n) is 11.4. The molecule has 0 aliphatic rings. The summed E-state index contributed by atoms with van der Waals surface area (Å²) in [4.78, 5) is 11.5. The van der Waals surface area contributed by atoms with Gasteiger partial charge in [-0.1, -0.05) is 30.3 Å². The highest BCUT2D eigenvalue weighted by Crippen LogP contribution is 2.67. The Morgan fingerprint density at radius 2 is 1.71 bits per heavy atom. The van der Waals surface area contributed by atoms with Crippen LogP contribution >= 0.6 is 7.26 Å². The maximum absolute atomic E-state index is 11.5. The average Bonchev–Trinajstić information content (AvgIpc) is 2.36. The van der Waals surface area contributed by atoms with E-state index in [1.54, 1.807) is 6.92 Å². The molecule has 2 heteroatoms. The third-order valence-electron chi connectivity index (χ3n) is 3.86. The third kappa shape index (κ3) is 3.64. The molecule has 1 nitrogen and oxygen atoms in total. The molecule has 0 N–H and O–H groups in total. The van der Waals surface area contributed by atoms with E-state index >= 15 is 0 Å². The van der Waals surface area contributed by atoms with Crippen LogP contribution in [0.3, 0.4) is 0 Å². The Kier molecular flexibility index (Phi) is 5.33. The number of hydrogen-bond acceptors (Lipinski definition) is 1. The SMILES string of the molecule is CC[P+](C)(CC)C(CC(C)=O)c1ccccc1. The fourth-order valence-electron chi connectivity index (χ4n) is 2.31. The summed E-state index contributed by atoms with van der Waals surface area (Å²) in [5.41, 5.74) is 1.80. The van der Waals surface area contributed by atoms with E-state index in [1.807, 2.05) is 6.07 Å². The Morgan fingerprint density at radius 1 is 1.18 bits per heavy atom. The first-order chi connectivity index (χ1) is 8.03. The predicted octanol–water partition coefficient (Wildman–Crippen LogP) is 4.39. The number of ketones is 1. The largest absolute Gasteiger partial charge is 0.300 e. The van der Waals surface area contributed by atoms with Crippen LogP contribution in [0.1, 0.15) is 38.4 Å². The van der Waals surface area contributed by atoms with E-state index in [2.05, 4.69) is 44.8 Å². The molecule has 0 amide bonds. The van der Waals surface area contributed by atoms with E-state index in [4.69, 9.17) is 0 Å². The first-order valence-corrected chi connectivity index (χ1v) is 9.09. The molecule has 1 aromatic rings. The highest BCUT2D eigenvalue weighted by Gasteiger charge is 2.39. The molecule has 0 saturated carbocycles. The van der Waals surface area contributed by atoms with Crippen molar-refractivity contribution >= 4 is 13.0 Å². The lowest BCUT2D eigenvalue weighted by Crippen LogP contribution is -2.13. The summed E-state index contributed by atoms with van der Waals surface area (Å²) in [7, 11) is -1.04. The van der Waals surface area contributed by atoms with E-state index in [-0.39, 0.29) is 0 Å². The Bertz CT molecular complexity index is 354. The molecule has 0 saturated heterocycles. The lowest BCUT2D eigenvalue weighted by Gasteiger charge is -2.29. The molecule has 0 aliphatic carbocycles.